The van der Waals surface area contributed by atoms with Crippen LogP contribution in [0.4, 0.5) is 4.39 Å². The minimum atomic E-state index is -3.21. The van der Waals surface area contributed by atoms with Crippen molar-refractivity contribution in [3.63, 3.8) is 0 Å². The minimum Gasteiger partial charge on any atom is -0.357 e. The number of aliphatic imine (C=N–C) groups is 1. The van der Waals surface area contributed by atoms with Crippen LogP contribution in [0.1, 0.15) is 40.2 Å². The maximum atomic E-state index is 13.5. The lowest BCUT2D eigenvalue weighted by Crippen LogP contribution is -2.44. The standard InChI is InChI=1S/C18H30FN3O2S.HI/c1-7-20-16(22-13-18(4,5)25(6,23)24)21-12-17(2,3)14-9-8-10-15(19)11-14;/h8-11H,7,12-13H2,1-6H3,(H2,20,21,22);1H. The molecule has 1 rings (SSSR count). The highest BCUT2D eigenvalue weighted by atomic mass is 127. The van der Waals surface area contributed by atoms with Crippen molar-refractivity contribution < 1.29 is 12.8 Å². The van der Waals surface area contributed by atoms with Gasteiger partial charge in [-0.25, -0.2) is 12.8 Å². The monoisotopic (exact) mass is 499 g/mol. The number of rotatable bonds is 7. The fourth-order valence-electron chi connectivity index (χ4n) is 2.04. The van der Waals surface area contributed by atoms with Gasteiger partial charge in [-0.3, -0.25) is 4.99 Å². The molecule has 0 radical (unpaired) electrons. The van der Waals surface area contributed by atoms with Gasteiger partial charge >= 0.3 is 0 Å². The molecule has 0 heterocycles. The van der Waals surface area contributed by atoms with Gasteiger partial charge < -0.3 is 10.6 Å². The molecule has 0 aliphatic rings. The molecule has 2 N–H and O–H groups in total. The molecule has 0 saturated carbocycles. The van der Waals surface area contributed by atoms with E-state index < -0.39 is 14.6 Å². The summed E-state index contributed by atoms with van der Waals surface area (Å²) in [6.45, 7) is 10.6. The van der Waals surface area contributed by atoms with Crippen LogP contribution in [-0.4, -0.2) is 45.0 Å². The summed E-state index contributed by atoms with van der Waals surface area (Å²) in [6, 6.07) is 6.53. The van der Waals surface area contributed by atoms with Crippen molar-refractivity contribution in [1.82, 2.24) is 10.6 Å². The number of hydrogen-bond acceptors (Lipinski definition) is 3. The molecule has 1 aromatic carbocycles. The highest BCUT2D eigenvalue weighted by Gasteiger charge is 2.30. The van der Waals surface area contributed by atoms with E-state index in [-0.39, 0.29) is 41.8 Å². The molecule has 0 atom stereocenters. The molecule has 5 nitrogen and oxygen atoms in total. The zero-order valence-electron chi connectivity index (χ0n) is 16.4. The smallest absolute Gasteiger partial charge is 0.191 e. The van der Waals surface area contributed by atoms with Crippen LogP contribution < -0.4 is 10.6 Å². The van der Waals surface area contributed by atoms with Gasteiger partial charge in [-0.1, -0.05) is 26.0 Å². The van der Waals surface area contributed by atoms with E-state index in [1.165, 1.54) is 18.4 Å². The average Bonchev–Trinajstić information content (AvgIpc) is 2.49. The van der Waals surface area contributed by atoms with Gasteiger partial charge in [-0.2, -0.15) is 0 Å². The van der Waals surface area contributed by atoms with Crippen LogP contribution in [0.25, 0.3) is 0 Å². The second-order valence-corrected chi connectivity index (χ2v) is 10.1. The van der Waals surface area contributed by atoms with Crippen molar-refractivity contribution >= 4 is 39.8 Å². The number of benzene rings is 1. The predicted octanol–water partition coefficient (Wildman–Crippen LogP) is 3.10. The SMILES string of the molecule is CCNC(=NCC(C)(C)S(C)(=O)=O)NCC(C)(C)c1cccc(F)c1.I. The maximum Gasteiger partial charge on any atom is 0.191 e. The molecular weight excluding hydrogens is 468 g/mol. The second kappa shape index (κ2) is 9.87. The zero-order valence-corrected chi connectivity index (χ0v) is 19.5. The highest BCUT2D eigenvalue weighted by Crippen LogP contribution is 2.22. The molecular formula is C18H31FIN3O2S. The van der Waals surface area contributed by atoms with Crippen LogP contribution in [0.2, 0.25) is 0 Å². The second-order valence-electron chi connectivity index (χ2n) is 7.47. The third-order valence-electron chi connectivity index (χ3n) is 4.27. The lowest BCUT2D eigenvalue weighted by Gasteiger charge is -2.27. The van der Waals surface area contributed by atoms with E-state index in [1.54, 1.807) is 19.9 Å². The van der Waals surface area contributed by atoms with Crippen LogP contribution in [0.15, 0.2) is 29.3 Å². The van der Waals surface area contributed by atoms with E-state index in [2.05, 4.69) is 15.6 Å². The summed E-state index contributed by atoms with van der Waals surface area (Å²) in [7, 11) is -3.21. The van der Waals surface area contributed by atoms with Crippen molar-refractivity contribution in [2.24, 2.45) is 4.99 Å². The van der Waals surface area contributed by atoms with Crippen molar-refractivity contribution in [1.29, 1.82) is 0 Å². The number of hydrogen-bond donors (Lipinski definition) is 2. The first-order valence-electron chi connectivity index (χ1n) is 8.37. The number of nitrogens with one attached hydrogen (secondary N) is 2. The van der Waals surface area contributed by atoms with Crippen LogP contribution in [0.3, 0.4) is 0 Å². The molecule has 26 heavy (non-hydrogen) atoms. The van der Waals surface area contributed by atoms with Crippen LogP contribution >= 0.6 is 24.0 Å². The summed E-state index contributed by atoms with van der Waals surface area (Å²) < 4.78 is 36.2. The summed E-state index contributed by atoms with van der Waals surface area (Å²) in [5.74, 6) is 0.282. The molecule has 0 aliphatic heterocycles. The van der Waals surface area contributed by atoms with Crippen molar-refractivity contribution in [2.75, 3.05) is 25.9 Å². The third kappa shape index (κ3) is 7.38. The van der Waals surface area contributed by atoms with Crippen LogP contribution in [0.5, 0.6) is 0 Å². The van der Waals surface area contributed by atoms with Crippen molar-refractivity contribution in [3.05, 3.63) is 35.6 Å². The van der Waals surface area contributed by atoms with Crippen LogP contribution in [0, 0.1) is 5.82 Å². The van der Waals surface area contributed by atoms with E-state index in [4.69, 9.17) is 0 Å². The summed E-state index contributed by atoms with van der Waals surface area (Å²) in [4.78, 5) is 4.41. The first-order chi connectivity index (χ1) is 11.4. The maximum absolute atomic E-state index is 13.5. The summed E-state index contributed by atoms with van der Waals surface area (Å²) in [6.07, 6.45) is 1.22. The van der Waals surface area contributed by atoms with Crippen molar-refractivity contribution in [2.45, 2.75) is 44.8 Å². The average molecular weight is 499 g/mol. The Morgan fingerprint density at radius 1 is 1.19 bits per heavy atom. The molecule has 0 bridgehead atoms. The predicted molar refractivity (Wildman–Crippen MR) is 118 cm³/mol. The van der Waals surface area contributed by atoms with E-state index >= 15 is 0 Å². The fourth-order valence-corrected chi connectivity index (χ4v) is 2.34. The summed E-state index contributed by atoms with van der Waals surface area (Å²) in [5, 5.41) is 6.34. The Hall–Kier alpha value is -0.900. The van der Waals surface area contributed by atoms with Gasteiger partial charge in [0.2, 0.25) is 0 Å². The fraction of sp³-hybridized carbons (Fsp3) is 0.611. The Morgan fingerprint density at radius 3 is 2.31 bits per heavy atom. The third-order valence-corrected chi connectivity index (χ3v) is 6.41. The molecule has 150 valence electrons. The van der Waals surface area contributed by atoms with Gasteiger partial charge in [0.15, 0.2) is 15.8 Å². The largest absolute Gasteiger partial charge is 0.357 e. The first-order valence-corrected chi connectivity index (χ1v) is 10.3. The Kier molecular flexibility index (Phi) is 9.53. The Balaban J connectivity index is 0.00000625. The zero-order chi connectivity index (χ0) is 19.3. The highest BCUT2D eigenvalue weighted by molar-refractivity contribution is 14.0. The van der Waals surface area contributed by atoms with Gasteiger partial charge in [-0.15, -0.1) is 24.0 Å². The van der Waals surface area contributed by atoms with Gasteiger partial charge in [0.1, 0.15) is 5.82 Å². The molecule has 0 unspecified atom stereocenters. The molecule has 0 aromatic heterocycles. The Labute approximate surface area is 174 Å². The molecule has 1 aromatic rings. The van der Waals surface area contributed by atoms with Crippen molar-refractivity contribution in [3.8, 4) is 0 Å². The van der Waals surface area contributed by atoms with E-state index in [0.29, 0.717) is 19.0 Å². The van der Waals surface area contributed by atoms with Crippen LogP contribution in [-0.2, 0) is 15.3 Å². The summed E-state index contributed by atoms with van der Waals surface area (Å²) >= 11 is 0. The first kappa shape index (κ1) is 25.1. The minimum absolute atomic E-state index is 0. The van der Waals surface area contributed by atoms with E-state index in [0.717, 1.165) is 5.56 Å². The topological polar surface area (TPSA) is 70.6 Å². The molecule has 0 spiro atoms. The van der Waals surface area contributed by atoms with Gasteiger partial charge in [0, 0.05) is 24.8 Å². The summed E-state index contributed by atoms with van der Waals surface area (Å²) in [5.41, 5.74) is 0.567. The van der Waals surface area contributed by atoms with Gasteiger partial charge in [-0.05, 0) is 38.5 Å². The molecule has 0 aliphatic carbocycles. The van der Waals surface area contributed by atoms with Gasteiger partial charge in [0.25, 0.3) is 0 Å². The lowest BCUT2D eigenvalue weighted by molar-refractivity contribution is 0.502. The Morgan fingerprint density at radius 2 is 1.81 bits per heavy atom. The molecule has 0 fully saturated rings. The van der Waals surface area contributed by atoms with Gasteiger partial charge in [0.05, 0.1) is 11.3 Å². The van der Waals surface area contributed by atoms with E-state index in [9.17, 15) is 12.8 Å². The van der Waals surface area contributed by atoms with E-state index in [1.807, 2.05) is 26.8 Å². The number of halogens is 2. The number of guanidine groups is 1. The molecule has 8 heteroatoms. The lowest BCUT2D eigenvalue weighted by atomic mass is 9.84. The Bertz CT molecular complexity index is 719. The molecule has 0 saturated heterocycles. The normalized spacial score (nSPS) is 13.1. The quantitative estimate of drug-likeness (QED) is 0.344. The number of nitrogens with zero attached hydrogens (tertiary/aromatic N) is 1. The molecule has 0 amide bonds. The number of sulfone groups is 1.